The molecule has 0 unspecified atom stereocenters. The minimum absolute atomic E-state index is 0.0370. The number of nitrogens with one attached hydrogen (secondary N) is 1. The van der Waals surface area contributed by atoms with Crippen LogP contribution in [0.1, 0.15) is 56.4 Å². The molecule has 2 aromatic rings. The van der Waals surface area contributed by atoms with Crippen LogP contribution < -0.4 is 5.32 Å². The fraction of sp³-hybridized carbons (Fsp3) is 0.647. The molecule has 1 aliphatic carbocycles. The summed E-state index contributed by atoms with van der Waals surface area (Å²) in [7, 11) is 0. The molecular formula is C17H24F2N6OS. The van der Waals surface area contributed by atoms with Crippen molar-refractivity contribution < 1.29 is 13.6 Å². The molecular weight excluding hydrogens is 374 g/mol. The molecule has 2 heterocycles. The minimum atomic E-state index is -2.60. The third-order valence-corrected chi connectivity index (χ3v) is 5.14. The van der Waals surface area contributed by atoms with Crippen LogP contribution >= 0.6 is 11.8 Å². The van der Waals surface area contributed by atoms with Crippen molar-refractivity contribution in [2.45, 2.75) is 57.8 Å². The van der Waals surface area contributed by atoms with Crippen LogP contribution in [0.5, 0.6) is 0 Å². The predicted octanol–water partition coefficient (Wildman–Crippen LogP) is 2.97. The normalized spacial score (nSPS) is 14.3. The van der Waals surface area contributed by atoms with Gasteiger partial charge in [0.25, 0.3) is 6.43 Å². The van der Waals surface area contributed by atoms with Gasteiger partial charge in [-0.2, -0.15) is 5.10 Å². The Bertz CT molecular complexity index is 799. The lowest BCUT2D eigenvalue weighted by Crippen LogP contribution is -2.28. The maximum absolute atomic E-state index is 12.9. The van der Waals surface area contributed by atoms with E-state index in [0.717, 1.165) is 12.8 Å². The van der Waals surface area contributed by atoms with Crippen LogP contribution in [0.15, 0.2) is 11.2 Å². The lowest BCUT2D eigenvalue weighted by Gasteiger charge is -2.10. The smallest absolute Gasteiger partial charge is 0.282 e. The highest BCUT2D eigenvalue weighted by atomic mass is 32.2. The Hall–Kier alpha value is -1.97. The SMILES string of the molecule is Cc1cc(C(F)F)nn1Cc1nnc(SCC(=O)NCC(C)C)n1C1CC1. The number of nitrogens with zero attached hydrogens (tertiary/aromatic N) is 5. The highest BCUT2D eigenvalue weighted by molar-refractivity contribution is 7.99. The molecule has 1 N–H and O–H groups in total. The van der Waals surface area contributed by atoms with Gasteiger partial charge in [-0.05, 0) is 31.7 Å². The first-order chi connectivity index (χ1) is 12.8. The number of hydrogen-bond acceptors (Lipinski definition) is 5. The zero-order valence-electron chi connectivity index (χ0n) is 15.7. The Labute approximate surface area is 160 Å². The number of alkyl halides is 2. The summed E-state index contributed by atoms with van der Waals surface area (Å²) in [6.07, 6.45) is -0.543. The second-order valence-corrected chi connectivity index (χ2v) is 8.10. The molecule has 0 aromatic carbocycles. The summed E-state index contributed by atoms with van der Waals surface area (Å²) in [4.78, 5) is 12.0. The number of aryl methyl sites for hydroxylation is 1. The molecule has 27 heavy (non-hydrogen) atoms. The molecule has 0 atom stereocenters. The Morgan fingerprint density at radius 3 is 2.70 bits per heavy atom. The van der Waals surface area contributed by atoms with Crippen LogP contribution in [-0.2, 0) is 11.3 Å². The Morgan fingerprint density at radius 1 is 1.37 bits per heavy atom. The number of rotatable bonds is 9. The first kappa shape index (κ1) is 19.8. The summed E-state index contributed by atoms with van der Waals surface area (Å²) < 4.78 is 29.3. The molecule has 148 valence electrons. The summed E-state index contributed by atoms with van der Waals surface area (Å²) in [5, 5.41) is 16.0. The monoisotopic (exact) mass is 398 g/mol. The number of thioether (sulfide) groups is 1. The van der Waals surface area contributed by atoms with E-state index in [1.165, 1.54) is 22.5 Å². The van der Waals surface area contributed by atoms with Gasteiger partial charge in [0.2, 0.25) is 5.91 Å². The average Bonchev–Trinajstić information content (AvgIpc) is 3.27. The van der Waals surface area contributed by atoms with E-state index in [-0.39, 0.29) is 23.9 Å². The van der Waals surface area contributed by atoms with Gasteiger partial charge in [-0.1, -0.05) is 25.6 Å². The molecule has 0 radical (unpaired) electrons. The number of halogens is 2. The largest absolute Gasteiger partial charge is 0.355 e. The number of carbonyl (C=O) groups excluding carboxylic acids is 1. The van der Waals surface area contributed by atoms with E-state index in [0.29, 0.717) is 35.2 Å². The van der Waals surface area contributed by atoms with Gasteiger partial charge in [0.1, 0.15) is 12.2 Å². The zero-order valence-corrected chi connectivity index (χ0v) is 16.5. The van der Waals surface area contributed by atoms with E-state index in [1.54, 1.807) is 6.92 Å². The van der Waals surface area contributed by atoms with Crippen LogP contribution in [0.2, 0.25) is 0 Å². The van der Waals surface area contributed by atoms with Gasteiger partial charge in [-0.15, -0.1) is 10.2 Å². The third kappa shape index (κ3) is 5.06. The number of aromatic nitrogens is 5. The van der Waals surface area contributed by atoms with Gasteiger partial charge in [-0.25, -0.2) is 8.78 Å². The number of carbonyl (C=O) groups is 1. The van der Waals surface area contributed by atoms with Crippen LogP contribution in [0, 0.1) is 12.8 Å². The van der Waals surface area contributed by atoms with Crippen molar-refractivity contribution in [3.8, 4) is 0 Å². The van der Waals surface area contributed by atoms with Crippen molar-refractivity contribution in [3.05, 3.63) is 23.3 Å². The molecule has 2 aromatic heterocycles. The summed E-state index contributed by atoms with van der Waals surface area (Å²) in [6, 6.07) is 1.69. The van der Waals surface area contributed by atoms with Gasteiger partial charge in [0, 0.05) is 18.3 Å². The van der Waals surface area contributed by atoms with Gasteiger partial charge >= 0.3 is 0 Å². The minimum Gasteiger partial charge on any atom is -0.355 e. The molecule has 7 nitrogen and oxygen atoms in total. The topological polar surface area (TPSA) is 77.6 Å². The van der Waals surface area contributed by atoms with Crippen LogP contribution in [0.4, 0.5) is 8.78 Å². The van der Waals surface area contributed by atoms with Gasteiger partial charge in [0.05, 0.1) is 5.75 Å². The van der Waals surface area contributed by atoms with Gasteiger partial charge in [0.15, 0.2) is 11.0 Å². The molecule has 1 amide bonds. The summed E-state index contributed by atoms with van der Waals surface area (Å²) >= 11 is 1.35. The van der Waals surface area contributed by atoms with E-state index >= 15 is 0 Å². The van der Waals surface area contributed by atoms with Crippen LogP contribution in [0.3, 0.4) is 0 Å². The zero-order chi connectivity index (χ0) is 19.6. The van der Waals surface area contributed by atoms with Crippen molar-refractivity contribution in [2.24, 2.45) is 5.92 Å². The number of hydrogen-bond donors (Lipinski definition) is 1. The van der Waals surface area contributed by atoms with Gasteiger partial charge in [-0.3, -0.25) is 9.48 Å². The molecule has 0 bridgehead atoms. The molecule has 10 heteroatoms. The van der Waals surface area contributed by atoms with Crippen molar-refractivity contribution in [2.75, 3.05) is 12.3 Å². The highest BCUT2D eigenvalue weighted by Gasteiger charge is 2.30. The second kappa shape index (κ2) is 8.37. The van der Waals surface area contributed by atoms with Crippen LogP contribution in [0.25, 0.3) is 0 Å². The molecule has 0 spiro atoms. The van der Waals surface area contributed by atoms with E-state index in [2.05, 4.69) is 20.6 Å². The van der Waals surface area contributed by atoms with Crippen LogP contribution in [-0.4, -0.2) is 42.7 Å². The van der Waals surface area contributed by atoms with Gasteiger partial charge < -0.3 is 9.88 Å². The molecule has 0 aliphatic heterocycles. The lowest BCUT2D eigenvalue weighted by molar-refractivity contribution is -0.118. The first-order valence-electron chi connectivity index (χ1n) is 9.01. The maximum atomic E-state index is 12.9. The van der Waals surface area contributed by atoms with E-state index < -0.39 is 6.43 Å². The molecule has 1 fully saturated rings. The van der Waals surface area contributed by atoms with E-state index in [1.807, 2.05) is 18.4 Å². The van der Waals surface area contributed by atoms with Crippen molar-refractivity contribution >= 4 is 17.7 Å². The summed E-state index contributed by atoms with van der Waals surface area (Å²) in [6.45, 7) is 6.75. The fourth-order valence-corrected chi connectivity index (χ4v) is 3.50. The Morgan fingerprint density at radius 2 is 2.11 bits per heavy atom. The standard InChI is InChI=1S/C17H24F2N6OS/c1-10(2)7-20-15(26)9-27-17-22-21-14(25(17)12-4-5-12)8-24-11(3)6-13(23-24)16(18)19/h6,10,12,16H,4-5,7-9H2,1-3H3,(H,20,26). The predicted molar refractivity (Wildman–Crippen MR) is 97.9 cm³/mol. The maximum Gasteiger partial charge on any atom is 0.282 e. The molecule has 1 saturated carbocycles. The van der Waals surface area contributed by atoms with Crippen molar-refractivity contribution in [1.82, 2.24) is 29.9 Å². The highest BCUT2D eigenvalue weighted by Crippen LogP contribution is 2.39. The molecule has 3 rings (SSSR count). The van der Waals surface area contributed by atoms with Crippen molar-refractivity contribution in [3.63, 3.8) is 0 Å². The number of amides is 1. The average molecular weight is 398 g/mol. The third-order valence-electron chi connectivity index (χ3n) is 4.20. The van der Waals surface area contributed by atoms with Crippen molar-refractivity contribution in [1.29, 1.82) is 0 Å². The fourth-order valence-electron chi connectivity index (χ4n) is 2.65. The Balaban J connectivity index is 1.70. The quantitative estimate of drug-likeness (QED) is 0.657. The molecule has 1 aliphatic rings. The van der Waals surface area contributed by atoms with E-state index in [4.69, 9.17) is 0 Å². The summed E-state index contributed by atoms with van der Waals surface area (Å²) in [5.74, 6) is 1.31. The second-order valence-electron chi connectivity index (χ2n) is 7.16. The lowest BCUT2D eigenvalue weighted by atomic mass is 10.2. The first-order valence-corrected chi connectivity index (χ1v) is 9.99. The molecule has 0 saturated heterocycles. The Kier molecular flexibility index (Phi) is 6.13. The van der Waals surface area contributed by atoms with E-state index in [9.17, 15) is 13.6 Å². The summed E-state index contributed by atoms with van der Waals surface area (Å²) in [5.41, 5.74) is 0.416.